The Bertz CT molecular complexity index is 507. The third-order valence-electron chi connectivity index (χ3n) is 2.88. The van der Waals surface area contributed by atoms with E-state index in [0.717, 1.165) is 0 Å². The molecule has 0 aromatic heterocycles. The molecule has 0 saturated heterocycles. The van der Waals surface area contributed by atoms with Crippen molar-refractivity contribution < 1.29 is 31.5 Å². The van der Waals surface area contributed by atoms with Gasteiger partial charge in [0.15, 0.2) is 23.3 Å². The predicted octanol–water partition coefficient (Wildman–Crippen LogP) is 2.77. The van der Waals surface area contributed by atoms with Gasteiger partial charge in [-0.3, -0.25) is 4.79 Å². The molecule has 0 N–H and O–H groups in total. The number of esters is 1. The largest absolute Gasteiger partial charge is 0.469 e. The van der Waals surface area contributed by atoms with Gasteiger partial charge in [0.25, 0.3) is 0 Å². The Balaban J connectivity index is 2.77. The quantitative estimate of drug-likeness (QED) is 0.350. The lowest BCUT2D eigenvalue weighted by Gasteiger charge is -2.17. The number of carbonyl (C=O) groups excluding carboxylic acids is 1. The molecule has 1 aromatic carbocycles. The van der Waals surface area contributed by atoms with E-state index in [0.29, 0.717) is 6.42 Å². The highest BCUT2D eigenvalue weighted by Crippen LogP contribution is 2.23. The number of ether oxygens (including phenoxy) is 1. The summed E-state index contributed by atoms with van der Waals surface area (Å²) in [6.07, 6.45) is 0.427. The van der Waals surface area contributed by atoms with Crippen molar-refractivity contribution in [1.82, 2.24) is 4.90 Å². The minimum absolute atomic E-state index is 0.0952. The maximum absolute atomic E-state index is 13.4. The first kappa shape index (κ1) is 17.4. The molecule has 0 saturated carbocycles. The molecule has 0 spiro atoms. The Morgan fingerprint density at radius 2 is 1.48 bits per heavy atom. The summed E-state index contributed by atoms with van der Waals surface area (Å²) in [6.45, 7) is -0.235. The molecule has 0 amide bonds. The number of benzene rings is 1. The van der Waals surface area contributed by atoms with Gasteiger partial charge in [0.1, 0.15) is 0 Å². The lowest BCUT2D eigenvalue weighted by Crippen LogP contribution is -2.22. The zero-order chi connectivity index (χ0) is 16.2. The van der Waals surface area contributed by atoms with E-state index in [-0.39, 0.29) is 13.0 Å². The third kappa shape index (κ3) is 4.13. The molecule has 8 heteroatoms. The zero-order valence-corrected chi connectivity index (χ0v) is 11.5. The summed E-state index contributed by atoms with van der Waals surface area (Å²) in [7, 11) is 2.66. The number of rotatable bonds is 6. The first-order valence-corrected chi connectivity index (χ1v) is 6.05. The molecular formula is C13H14F5NO2. The molecule has 0 heterocycles. The monoisotopic (exact) mass is 311 g/mol. The van der Waals surface area contributed by atoms with Gasteiger partial charge in [-0.25, -0.2) is 22.0 Å². The van der Waals surface area contributed by atoms with E-state index in [1.165, 1.54) is 19.1 Å². The molecule has 3 nitrogen and oxygen atoms in total. The zero-order valence-electron chi connectivity index (χ0n) is 11.5. The Kier molecular flexibility index (Phi) is 6.07. The molecule has 0 radical (unpaired) electrons. The lowest BCUT2D eigenvalue weighted by molar-refractivity contribution is -0.140. The topological polar surface area (TPSA) is 29.5 Å². The Labute approximate surface area is 118 Å². The third-order valence-corrected chi connectivity index (χ3v) is 2.88. The van der Waals surface area contributed by atoms with Crippen molar-refractivity contribution >= 4 is 5.97 Å². The standard InChI is InChI=1S/C13H14F5NO2/c1-19(5-3-4-8(20)21-2)6-7-9(14)11(16)13(18)12(17)10(7)15/h3-6H2,1-2H3. The predicted molar refractivity (Wildman–Crippen MR) is 63.8 cm³/mol. The van der Waals surface area contributed by atoms with Gasteiger partial charge >= 0.3 is 5.97 Å². The molecule has 1 aromatic rings. The van der Waals surface area contributed by atoms with E-state index in [1.54, 1.807) is 0 Å². The number of halogens is 5. The van der Waals surface area contributed by atoms with Crippen LogP contribution in [0.2, 0.25) is 0 Å². The van der Waals surface area contributed by atoms with Gasteiger partial charge in [0.2, 0.25) is 5.82 Å². The summed E-state index contributed by atoms with van der Waals surface area (Å²) in [5.74, 6) is -10.2. The molecule has 1 rings (SSSR count). The van der Waals surface area contributed by atoms with Crippen LogP contribution < -0.4 is 0 Å². The van der Waals surface area contributed by atoms with Gasteiger partial charge in [-0.15, -0.1) is 0 Å². The van der Waals surface area contributed by atoms with E-state index >= 15 is 0 Å². The SMILES string of the molecule is COC(=O)CCCN(C)Cc1c(F)c(F)c(F)c(F)c1F. The fourth-order valence-corrected chi connectivity index (χ4v) is 1.73. The first-order chi connectivity index (χ1) is 9.79. The van der Waals surface area contributed by atoms with Crippen LogP contribution >= 0.6 is 0 Å². The summed E-state index contributed by atoms with van der Waals surface area (Å²) in [6, 6.07) is 0. The van der Waals surface area contributed by atoms with Gasteiger partial charge in [0, 0.05) is 18.5 Å². The minimum Gasteiger partial charge on any atom is -0.469 e. The lowest BCUT2D eigenvalue weighted by atomic mass is 10.1. The summed E-state index contributed by atoms with van der Waals surface area (Å²) in [5, 5.41) is 0. The fraction of sp³-hybridized carbons (Fsp3) is 0.462. The van der Waals surface area contributed by atoms with Crippen LogP contribution in [-0.2, 0) is 16.1 Å². The van der Waals surface area contributed by atoms with E-state index in [2.05, 4.69) is 4.74 Å². The molecule has 0 unspecified atom stereocenters. The molecule has 0 aliphatic heterocycles. The number of hydrogen-bond acceptors (Lipinski definition) is 3. The van der Waals surface area contributed by atoms with Crippen molar-refractivity contribution in [3.63, 3.8) is 0 Å². The Hall–Kier alpha value is -1.70. The molecule has 21 heavy (non-hydrogen) atoms. The van der Waals surface area contributed by atoms with Gasteiger partial charge in [-0.2, -0.15) is 0 Å². The minimum atomic E-state index is -2.18. The number of nitrogens with zero attached hydrogens (tertiary/aromatic N) is 1. The second-order valence-electron chi connectivity index (χ2n) is 4.47. The van der Waals surface area contributed by atoms with E-state index in [9.17, 15) is 26.7 Å². The summed E-state index contributed by atoms with van der Waals surface area (Å²) >= 11 is 0. The van der Waals surface area contributed by atoms with Gasteiger partial charge < -0.3 is 9.64 Å². The van der Waals surface area contributed by atoms with Gasteiger partial charge in [-0.1, -0.05) is 0 Å². The highest BCUT2D eigenvalue weighted by Gasteiger charge is 2.26. The molecular weight excluding hydrogens is 297 g/mol. The highest BCUT2D eigenvalue weighted by atomic mass is 19.2. The van der Waals surface area contributed by atoms with Gasteiger partial charge in [0.05, 0.1) is 7.11 Å². The molecule has 0 bridgehead atoms. The van der Waals surface area contributed by atoms with Gasteiger partial charge in [-0.05, 0) is 20.0 Å². The summed E-state index contributed by atoms with van der Waals surface area (Å²) < 4.78 is 70.2. The van der Waals surface area contributed by atoms with Crippen molar-refractivity contribution in [3.05, 3.63) is 34.6 Å². The molecule has 0 atom stereocenters. The average Bonchev–Trinajstić information content (AvgIpc) is 2.47. The van der Waals surface area contributed by atoms with Crippen LogP contribution in [0.4, 0.5) is 22.0 Å². The molecule has 118 valence electrons. The van der Waals surface area contributed by atoms with Crippen LogP contribution in [0.5, 0.6) is 0 Å². The molecule has 0 aliphatic rings. The van der Waals surface area contributed by atoms with Crippen LogP contribution in [0.15, 0.2) is 0 Å². The summed E-state index contributed by atoms with van der Waals surface area (Å²) in [4.78, 5) is 12.2. The molecule has 0 fully saturated rings. The van der Waals surface area contributed by atoms with E-state index < -0.39 is 47.2 Å². The number of carbonyl (C=O) groups is 1. The van der Waals surface area contributed by atoms with Crippen molar-refractivity contribution in [2.45, 2.75) is 19.4 Å². The number of hydrogen-bond donors (Lipinski definition) is 0. The Morgan fingerprint density at radius 3 is 1.95 bits per heavy atom. The van der Waals surface area contributed by atoms with Crippen molar-refractivity contribution in [3.8, 4) is 0 Å². The average molecular weight is 311 g/mol. The van der Waals surface area contributed by atoms with E-state index in [4.69, 9.17) is 0 Å². The van der Waals surface area contributed by atoms with Crippen LogP contribution in [0, 0.1) is 29.1 Å². The smallest absolute Gasteiger partial charge is 0.305 e. The van der Waals surface area contributed by atoms with Crippen LogP contribution in [0.25, 0.3) is 0 Å². The highest BCUT2D eigenvalue weighted by molar-refractivity contribution is 5.69. The van der Waals surface area contributed by atoms with Crippen LogP contribution in [0.3, 0.4) is 0 Å². The second kappa shape index (κ2) is 7.35. The number of methoxy groups -OCH3 is 1. The molecule has 0 aliphatic carbocycles. The maximum Gasteiger partial charge on any atom is 0.305 e. The van der Waals surface area contributed by atoms with Crippen LogP contribution in [0.1, 0.15) is 18.4 Å². The second-order valence-corrected chi connectivity index (χ2v) is 4.47. The first-order valence-electron chi connectivity index (χ1n) is 6.05. The normalized spacial score (nSPS) is 11.0. The summed E-state index contributed by atoms with van der Waals surface area (Å²) in [5.41, 5.74) is -0.896. The maximum atomic E-state index is 13.4. The van der Waals surface area contributed by atoms with E-state index in [1.807, 2.05) is 0 Å². The fourth-order valence-electron chi connectivity index (χ4n) is 1.73. The van der Waals surface area contributed by atoms with Crippen LogP contribution in [-0.4, -0.2) is 31.6 Å². The van der Waals surface area contributed by atoms with Crippen molar-refractivity contribution in [1.29, 1.82) is 0 Å². The Morgan fingerprint density at radius 1 is 1.00 bits per heavy atom. The van der Waals surface area contributed by atoms with Crippen molar-refractivity contribution in [2.24, 2.45) is 0 Å². The van der Waals surface area contributed by atoms with Crippen molar-refractivity contribution in [2.75, 3.05) is 20.7 Å².